The average molecular weight is 516 g/mol. The third-order valence-electron chi connectivity index (χ3n) is 4.27. The van der Waals surface area contributed by atoms with Crippen LogP contribution in [0.15, 0.2) is 41.3 Å². The van der Waals surface area contributed by atoms with Crippen LogP contribution in [-0.2, 0) is 23.3 Å². The molecule has 0 aliphatic heterocycles. The van der Waals surface area contributed by atoms with Crippen LogP contribution in [0.3, 0.4) is 0 Å². The van der Waals surface area contributed by atoms with Gasteiger partial charge in [0.2, 0.25) is 0 Å². The molecule has 0 saturated heterocycles. The standard InChI is InChI=1S/C20H13F9N2O2S/c1-17(33,16(32)31-13-3-2-10(8-30)15(7-13)20(27,28)29)9-34-14-5-11(18(21,22)23)4-12(6-14)19(24,25)26/h2-7,33H,9H2,1H3,(H,31,32). The lowest BCUT2D eigenvalue weighted by molar-refractivity contribution is -0.143. The Morgan fingerprint density at radius 1 is 0.941 bits per heavy atom. The maximum atomic E-state index is 13.1. The van der Waals surface area contributed by atoms with Gasteiger partial charge >= 0.3 is 18.5 Å². The van der Waals surface area contributed by atoms with Crippen molar-refractivity contribution in [3.05, 3.63) is 58.7 Å². The first kappa shape index (κ1) is 27.3. The van der Waals surface area contributed by atoms with Crippen molar-refractivity contribution in [1.29, 1.82) is 5.26 Å². The lowest BCUT2D eigenvalue weighted by atomic mass is 10.1. The van der Waals surface area contributed by atoms with Gasteiger partial charge in [0.15, 0.2) is 0 Å². The topological polar surface area (TPSA) is 73.1 Å². The minimum atomic E-state index is -5.09. The van der Waals surface area contributed by atoms with Crippen molar-refractivity contribution in [2.24, 2.45) is 0 Å². The van der Waals surface area contributed by atoms with Gasteiger partial charge in [-0.3, -0.25) is 4.79 Å². The van der Waals surface area contributed by atoms with Crippen molar-refractivity contribution in [2.45, 2.75) is 35.9 Å². The molecule has 14 heteroatoms. The fourth-order valence-electron chi connectivity index (χ4n) is 2.52. The molecule has 0 radical (unpaired) electrons. The Labute approximate surface area is 190 Å². The van der Waals surface area contributed by atoms with E-state index >= 15 is 0 Å². The maximum Gasteiger partial charge on any atom is 0.417 e. The van der Waals surface area contributed by atoms with Crippen LogP contribution in [0.2, 0.25) is 0 Å². The van der Waals surface area contributed by atoms with Gasteiger partial charge in [-0.25, -0.2) is 0 Å². The zero-order valence-corrected chi connectivity index (χ0v) is 17.6. The van der Waals surface area contributed by atoms with Gasteiger partial charge in [-0.2, -0.15) is 44.8 Å². The summed E-state index contributed by atoms with van der Waals surface area (Å²) in [5, 5.41) is 21.1. The Kier molecular flexibility index (Phi) is 7.54. The monoisotopic (exact) mass is 516 g/mol. The number of aliphatic hydroxyl groups is 1. The molecule has 34 heavy (non-hydrogen) atoms. The quantitative estimate of drug-likeness (QED) is 0.372. The number of amides is 1. The molecule has 0 saturated carbocycles. The molecule has 2 rings (SSSR count). The predicted molar refractivity (Wildman–Crippen MR) is 103 cm³/mol. The number of nitrogens with one attached hydrogen (secondary N) is 1. The van der Waals surface area contributed by atoms with E-state index in [1.165, 1.54) is 6.07 Å². The molecule has 2 N–H and O–H groups in total. The van der Waals surface area contributed by atoms with Crippen LogP contribution in [0.5, 0.6) is 0 Å². The molecular formula is C20H13F9N2O2S. The molecule has 0 fully saturated rings. The number of hydrogen-bond donors (Lipinski definition) is 2. The fraction of sp³-hybridized carbons (Fsp3) is 0.300. The van der Waals surface area contributed by atoms with E-state index < -0.39 is 68.6 Å². The van der Waals surface area contributed by atoms with Crippen LogP contribution >= 0.6 is 11.8 Å². The van der Waals surface area contributed by atoms with Gasteiger partial charge in [0, 0.05) is 16.3 Å². The highest BCUT2D eigenvalue weighted by molar-refractivity contribution is 7.99. The van der Waals surface area contributed by atoms with Crippen LogP contribution in [0.4, 0.5) is 45.2 Å². The second-order valence-corrected chi connectivity index (χ2v) is 8.18. The second-order valence-electron chi connectivity index (χ2n) is 7.13. The SMILES string of the molecule is CC(O)(CSc1cc(C(F)(F)F)cc(C(F)(F)F)c1)C(=O)Nc1ccc(C#N)c(C(F)(F)F)c1. The van der Waals surface area contributed by atoms with Gasteiger partial charge in [0.1, 0.15) is 5.60 Å². The van der Waals surface area contributed by atoms with Crippen LogP contribution in [0.1, 0.15) is 29.2 Å². The zero-order valence-electron chi connectivity index (χ0n) is 16.8. The Bertz CT molecular complexity index is 1080. The Balaban J connectivity index is 2.24. The Morgan fingerprint density at radius 3 is 1.91 bits per heavy atom. The van der Waals surface area contributed by atoms with E-state index in [1.807, 2.05) is 5.32 Å². The molecule has 0 spiro atoms. The number of carbonyl (C=O) groups excluding carboxylic acids is 1. The number of hydrogen-bond acceptors (Lipinski definition) is 4. The summed E-state index contributed by atoms with van der Waals surface area (Å²) in [7, 11) is 0. The van der Waals surface area contributed by atoms with Crippen molar-refractivity contribution in [1.82, 2.24) is 0 Å². The van der Waals surface area contributed by atoms with E-state index in [1.54, 1.807) is 0 Å². The van der Waals surface area contributed by atoms with Crippen molar-refractivity contribution in [3.63, 3.8) is 0 Å². The molecule has 1 atom stereocenters. The molecule has 4 nitrogen and oxygen atoms in total. The first-order valence-electron chi connectivity index (χ1n) is 8.92. The molecule has 2 aromatic carbocycles. The molecule has 1 unspecified atom stereocenters. The minimum absolute atomic E-state index is 0.0853. The van der Waals surface area contributed by atoms with Gasteiger partial charge in [0.25, 0.3) is 5.91 Å². The van der Waals surface area contributed by atoms with E-state index in [0.29, 0.717) is 30.0 Å². The number of thioether (sulfide) groups is 1. The van der Waals surface area contributed by atoms with Crippen molar-refractivity contribution >= 4 is 23.4 Å². The lowest BCUT2D eigenvalue weighted by Gasteiger charge is -2.23. The van der Waals surface area contributed by atoms with Gasteiger partial charge in [0.05, 0.1) is 28.3 Å². The summed E-state index contributed by atoms with van der Waals surface area (Å²) in [6, 6.07) is 4.25. The van der Waals surface area contributed by atoms with Crippen LogP contribution in [0, 0.1) is 11.3 Å². The Hall–Kier alpha value is -2.92. The average Bonchev–Trinajstić information content (AvgIpc) is 2.70. The van der Waals surface area contributed by atoms with Crippen molar-refractivity contribution in [2.75, 3.05) is 11.1 Å². The summed E-state index contributed by atoms with van der Waals surface area (Å²) in [4.78, 5) is 11.8. The molecule has 0 aliphatic rings. The summed E-state index contributed by atoms with van der Waals surface area (Å²) in [6.45, 7) is 0.877. The van der Waals surface area contributed by atoms with E-state index in [-0.39, 0.29) is 6.07 Å². The van der Waals surface area contributed by atoms with Crippen molar-refractivity contribution < 1.29 is 49.4 Å². The molecule has 0 bridgehead atoms. The summed E-state index contributed by atoms with van der Waals surface area (Å²) in [5.74, 6) is -2.01. The van der Waals surface area contributed by atoms with Crippen LogP contribution in [0.25, 0.3) is 0 Å². The van der Waals surface area contributed by atoms with Gasteiger partial charge < -0.3 is 10.4 Å². The molecule has 1 amide bonds. The predicted octanol–water partition coefficient (Wildman–Crippen LogP) is 6.10. The number of halogens is 9. The lowest BCUT2D eigenvalue weighted by Crippen LogP contribution is -2.42. The van der Waals surface area contributed by atoms with Gasteiger partial charge in [-0.1, -0.05) is 0 Å². The minimum Gasteiger partial charge on any atom is -0.379 e. The molecule has 184 valence electrons. The number of carbonyl (C=O) groups is 1. The number of benzene rings is 2. The Morgan fingerprint density at radius 2 is 1.47 bits per heavy atom. The summed E-state index contributed by atoms with van der Waals surface area (Å²) in [5.41, 5.74) is -8.12. The van der Waals surface area contributed by atoms with E-state index in [0.717, 1.165) is 19.1 Å². The third kappa shape index (κ3) is 6.80. The first-order chi connectivity index (χ1) is 15.3. The smallest absolute Gasteiger partial charge is 0.379 e. The highest BCUT2D eigenvalue weighted by Gasteiger charge is 2.38. The zero-order chi connectivity index (χ0) is 26.1. The summed E-state index contributed by atoms with van der Waals surface area (Å²) in [6.07, 6.45) is -15.1. The number of nitrogens with zero attached hydrogens (tertiary/aromatic N) is 1. The fourth-order valence-corrected chi connectivity index (χ4v) is 3.52. The van der Waals surface area contributed by atoms with E-state index in [4.69, 9.17) is 5.26 Å². The van der Waals surface area contributed by atoms with E-state index in [9.17, 15) is 49.4 Å². The molecular weight excluding hydrogens is 503 g/mol. The second kappa shape index (κ2) is 9.38. The first-order valence-corrected chi connectivity index (χ1v) is 9.90. The van der Waals surface area contributed by atoms with Gasteiger partial charge in [-0.15, -0.1) is 11.8 Å². The molecule has 2 aromatic rings. The number of alkyl halides is 9. The normalized spacial score (nSPS) is 14.3. The summed E-state index contributed by atoms with van der Waals surface area (Å²) < 4.78 is 117. The highest BCUT2D eigenvalue weighted by Crippen LogP contribution is 2.39. The number of rotatable bonds is 5. The highest BCUT2D eigenvalue weighted by atomic mass is 32.2. The van der Waals surface area contributed by atoms with Crippen LogP contribution < -0.4 is 5.32 Å². The van der Waals surface area contributed by atoms with E-state index in [2.05, 4.69) is 0 Å². The van der Waals surface area contributed by atoms with Gasteiger partial charge in [-0.05, 0) is 43.3 Å². The molecule has 0 aliphatic carbocycles. The number of nitriles is 1. The summed E-state index contributed by atoms with van der Waals surface area (Å²) >= 11 is 0.306. The molecule has 0 heterocycles. The molecule has 0 aromatic heterocycles. The largest absolute Gasteiger partial charge is 0.417 e. The van der Waals surface area contributed by atoms with Crippen molar-refractivity contribution in [3.8, 4) is 6.07 Å². The third-order valence-corrected chi connectivity index (χ3v) is 5.55. The maximum absolute atomic E-state index is 13.1. The van der Waals surface area contributed by atoms with Crippen LogP contribution in [-0.4, -0.2) is 22.4 Å². The number of anilines is 1.